The smallest absolute Gasteiger partial charge is 0.338 e. The van der Waals surface area contributed by atoms with E-state index in [1.54, 1.807) is 31.2 Å². The summed E-state index contributed by atoms with van der Waals surface area (Å²) in [5.41, 5.74) is 2.31. The highest BCUT2D eigenvalue weighted by atomic mass is 16.5. The summed E-state index contributed by atoms with van der Waals surface area (Å²) in [6.07, 6.45) is 0. The van der Waals surface area contributed by atoms with Gasteiger partial charge in [-0.15, -0.1) is 0 Å². The van der Waals surface area contributed by atoms with Crippen molar-refractivity contribution in [3.63, 3.8) is 0 Å². The third-order valence-electron chi connectivity index (χ3n) is 3.94. The molecule has 3 rings (SSSR count). The lowest BCUT2D eigenvalue weighted by atomic mass is 9.94. The van der Waals surface area contributed by atoms with Gasteiger partial charge in [-0.2, -0.15) is 0 Å². The molecule has 0 saturated heterocycles. The lowest BCUT2D eigenvalue weighted by molar-refractivity contribution is 0.0523. The fourth-order valence-electron chi connectivity index (χ4n) is 2.67. The molecule has 0 amide bonds. The van der Waals surface area contributed by atoms with Crippen molar-refractivity contribution in [2.24, 2.45) is 0 Å². The van der Waals surface area contributed by atoms with Crippen molar-refractivity contribution in [1.29, 1.82) is 0 Å². The van der Waals surface area contributed by atoms with Crippen LogP contribution in [0.25, 0.3) is 10.8 Å². The van der Waals surface area contributed by atoms with Crippen molar-refractivity contribution in [2.75, 3.05) is 6.61 Å². The zero-order valence-electron chi connectivity index (χ0n) is 13.7. The minimum absolute atomic E-state index is 0.177. The van der Waals surface area contributed by atoms with Crippen molar-refractivity contribution < 1.29 is 14.3 Å². The van der Waals surface area contributed by atoms with E-state index in [2.05, 4.69) is 0 Å². The summed E-state index contributed by atoms with van der Waals surface area (Å²) in [6.45, 7) is 3.98. The molecule has 0 fully saturated rings. The van der Waals surface area contributed by atoms with Gasteiger partial charge in [0, 0.05) is 11.1 Å². The highest BCUT2D eigenvalue weighted by Gasteiger charge is 2.20. The molecule has 0 saturated carbocycles. The first kappa shape index (κ1) is 15.9. The average molecular weight is 318 g/mol. The summed E-state index contributed by atoms with van der Waals surface area (Å²) in [4.78, 5) is 25.2. The maximum atomic E-state index is 12.9. The second-order valence-corrected chi connectivity index (χ2v) is 5.66. The predicted molar refractivity (Wildman–Crippen MR) is 94.5 cm³/mol. The molecule has 0 aliphatic rings. The molecule has 0 bridgehead atoms. The Hall–Kier alpha value is -2.94. The monoisotopic (exact) mass is 318 g/mol. The quantitative estimate of drug-likeness (QED) is 0.523. The molecule has 0 atom stereocenters. The first-order valence-corrected chi connectivity index (χ1v) is 7.91. The lowest BCUT2D eigenvalue weighted by Gasteiger charge is -2.10. The molecule has 24 heavy (non-hydrogen) atoms. The number of carbonyl (C=O) groups excluding carboxylic acids is 2. The van der Waals surface area contributed by atoms with Crippen LogP contribution in [0.3, 0.4) is 0 Å². The summed E-state index contributed by atoms with van der Waals surface area (Å²) in [7, 11) is 0. The van der Waals surface area contributed by atoms with E-state index < -0.39 is 5.97 Å². The molecule has 0 aliphatic carbocycles. The van der Waals surface area contributed by atoms with Crippen molar-refractivity contribution in [3.8, 4) is 0 Å². The van der Waals surface area contributed by atoms with Gasteiger partial charge in [0.15, 0.2) is 5.78 Å². The molecule has 0 spiro atoms. The number of hydrogen-bond acceptors (Lipinski definition) is 3. The first-order valence-electron chi connectivity index (χ1n) is 7.91. The van der Waals surface area contributed by atoms with Crippen LogP contribution in [-0.4, -0.2) is 18.4 Å². The number of ketones is 1. The van der Waals surface area contributed by atoms with Crippen LogP contribution in [0.4, 0.5) is 0 Å². The van der Waals surface area contributed by atoms with Gasteiger partial charge in [0.25, 0.3) is 0 Å². The summed E-state index contributed by atoms with van der Waals surface area (Å²) in [5.74, 6) is -0.650. The SMILES string of the molecule is CCOC(=O)c1cc2ccccc2cc1C(=O)c1ccc(C)cc1. The fourth-order valence-corrected chi connectivity index (χ4v) is 2.67. The number of ether oxygens (including phenoxy) is 1. The summed E-state index contributed by atoms with van der Waals surface area (Å²) in [6, 6.07) is 18.5. The Morgan fingerprint density at radius 3 is 2.04 bits per heavy atom. The molecule has 3 heteroatoms. The average Bonchev–Trinajstić information content (AvgIpc) is 2.61. The second kappa shape index (κ2) is 6.67. The normalized spacial score (nSPS) is 10.6. The zero-order valence-corrected chi connectivity index (χ0v) is 13.7. The van der Waals surface area contributed by atoms with E-state index in [4.69, 9.17) is 4.74 Å². The highest BCUT2D eigenvalue weighted by molar-refractivity contribution is 6.16. The number of benzene rings is 3. The molecule has 3 aromatic rings. The second-order valence-electron chi connectivity index (χ2n) is 5.66. The molecule has 0 aromatic heterocycles. The van der Waals surface area contributed by atoms with Crippen LogP contribution in [0, 0.1) is 6.92 Å². The highest BCUT2D eigenvalue weighted by Crippen LogP contribution is 2.23. The summed E-state index contributed by atoms with van der Waals surface area (Å²) in [5, 5.41) is 1.82. The number of fused-ring (bicyclic) bond motifs is 1. The topological polar surface area (TPSA) is 43.4 Å². The van der Waals surface area contributed by atoms with Gasteiger partial charge < -0.3 is 4.74 Å². The predicted octanol–water partition coefficient (Wildman–Crippen LogP) is 4.56. The van der Waals surface area contributed by atoms with Gasteiger partial charge in [-0.25, -0.2) is 4.79 Å². The van der Waals surface area contributed by atoms with Gasteiger partial charge in [-0.05, 0) is 36.8 Å². The Morgan fingerprint density at radius 2 is 1.46 bits per heavy atom. The Morgan fingerprint density at radius 1 is 0.875 bits per heavy atom. The van der Waals surface area contributed by atoms with Gasteiger partial charge in [-0.1, -0.05) is 54.1 Å². The molecule has 0 unspecified atom stereocenters. The van der Waals surface area contributed by atoms with Crippen molar-refractivity contribution in [1.82, 2.24) is 0 Å². The summed E-state index contributed by atoms with van der Waals surface area (Å²) < 4.78 is 5.13. The van der Waals surface area contributed by atoms with Gasteiger partial charge in [0.1, 0.15) is 0 Å². The number of aryl methyl sites for hydroxylation is 1. The van der Waals surface area contributed by atoms with E-state index in [9.17, 15) is 9.59 Å². The standard InChI is InChI=1S/C21H18O3/c1-3-24-21(23)19-13-17-7-5-4-6-16(17)12-18(19)20(22)15-10-8-14(2)9-11-15/h4-13H,3H2,1-2H3. The van der Waals surface area contributed by atoms with Crippen LogP contribution in [0.2, 0.25) is 0 Å². The van der Waals surface area contributed by atoms with E-state index >= 15 is 0 Å². The Balaban J connectivity index is 2.16. The zero-order chi connectivity index (χ0) is 17.1. The van der Waals surface area contributed by atoms with E-state index in [-0.39, 0.29) is 12.4 Å². The molecular weight excluding hydrogens is 300 g/mol. The molecule has 120 valence electrons. The van der Waals surface area contributed by atoms with Crippen LogP contribution >= 0.6 is 0 Å². The van der Waals surface area contributed by atoms with Gasteiger partial charge in [-0.3, -0.25) is 4.79 Å². The fraction of sp³-hybridized carbons (Fsp3) is 0.143. The molecule has 0 N–H and O–H groups in total. The molecular formula is C21H18O3. The number of carbonyl (C=O) groups is 2. The van der Waals surface area contributed by atoms with Crippen molar-refractivity contribution in [2.45, 2.75) is 13.8 Å². The molecule has 3 nitrogen and oxygen atoms in total. The lowest BCUT2D eigenvalue weighted by Crippen LogP contribution is -2.13. The first-order chi connectivity index (χ1) is 11.6. The van der Waals surface area contributed by atoms with E-state index in [0.717, 1.165) is 16.3 Å². The van der Waals surface area contributed by atoms with Crippen molar-refractivity contribution in [3.05, 3.63) is 82.9 Å². The number of esters is 1. The van der Waals surface area contributed by atoms with E-state index in [1.165, 1.54) is 0 Å². The van der Waals surface area contributed by atoms with Crippen LogP contribution in [0.15, 0.2) is 60.7 Å². The van der Waals surface area contributed by atoms with Crippen molar-refractivity contribution >= 4 is 22.5 Å². The Bertz CT molecular complexity index is 908. The Kier molecular flexibility index (Phi) is 4.43. The van der Waals surface area contributed by atoms with Crippen LogP contribution in [0.1, 0.15) is 38.8 Å². The minimum Gasteiger partial charge on any atom is -0.462 e. The largest absolute Gasteiger partial charge is 0.462 e. The van der Waals surface area contributed by atoms with E-state index in [0.29, 0.717) is 16.7 Å². The number of hydrogen-bond donors (Lipinski definition) is 0. The maximum absolute atomic E-state index is 12.9. The third-order valence-corrected chi connectivity index (χ3v) is 3.94. The van der Waals surface area contributed by atoms with E-state index in [1.807, 2.05) is 43.3 Å². The van der Waals surface area contributed by atoms with Crippen LogP contribution in [-0.2, 0) is 4.74 Å². The Labute approximate surface area is 140 Å². The molecule has 3 aromatic carbocycles. The maximum Gasteiger partial charge on any atom is 0.338 e. The molecule has 0 radical (unpaired) electrons. The molecule has 0 heterocycles. The van der Waals surface area contributed by atoms with Crippen LogP contribution < -0.4 is 0 Å². The molecule has 0 aliphatic heterocycles. The van der Waals surface area contributed by atoms with Gasteiger partial charge in [0.05, 0.1) is 12.2 Å². The van der Waals surface area contributed by atoms with Gasteiger partial charge in [0.2, 0.25) is 0 Å². The minimum atomic E-state index is -0.473. The number of rotatable bonds is 4. The van der Waals surface area contributed by atoms with Crippen LogP contribution in [0.5, 0.6) is 0 Å². The summed E-state index contributed by atoms with van der Waals surface area (Å²) >= 11 is 0. The third kappa shape index (κ3) is 3.06. The van der Waals surface area contributed by atoms with Gasteiger partial charge >= 0.3 is 5.97 Å².